The van der Waals surface area contributed by atoms with Crippen LogP contribution in [0.4, 0.5) is 5.69 Å². The lowest BCUT2D eigenvalue weighted by atomic mass is 9.96. The van der Waals surface area contributed by atoms with Crippen molar-refractivity contribution >= 4 is 33.4 Å². The number of hydrogen-bond donors (Lipinski definition) is 0. The standard InChI is InChI=1S/C14H14BrNO2/c1-8-6-11(15)4-5-12(8)16-13(17)9-2-3-10(7-9)14(16)18/h4-6,9-10H,2-3,7H2,1H3. The predicted molar refractivity (Wildman–Crippen MR) is 72.2 cm³/mol. The number of anilines is 1. The summed E-state index contributed by atoms with van der Waals surface area (Å²) < 4.78 is 0.962. The summed E-state index contributed by atoms with van der Waals surface area (Å²) in [6.45, 7) is 1.93. The largest absolute Gasteiger partial charge is 0.274 e. The normalized spacial score (nSPS) is 26.9. The molecule has 4 heteroatoms. The van der Waals surface area contributed by atoms with Crippen molar-refractivity contribution in [1.29, 1.82) is 0 Å². The van der Waals surface area contributed by atoms with Crippen LogP contribution in [0.25, 0.3) is 0 Å². The molecule has 2 unspecified atom stereocenters. The molecule has 0 aromatic heterocycles. The van der Waals surface area contributed by atoms with Crippen molar-refractivity contribution in [3.63, 3.8) is 0 Å². The minimum Gasteiger partial charge on any atom is -0.274 e. The Kier molecular flexibility index (Phi) is 2.77. The van der Waals surface area contributed by atoms with E-state index in [1.807, 2.05) is 25.1 Å². The number of amides is 2. The first-order valence-corrected chi connectivity index (χ1v) is 7.01. The summed E-state index contributed by atoms with van der Waals surface area (Å²) in [5, 5.41) is 0. The van der Waals surface area contributed by atoms with E-state index in [2.05, 4.69) is 15.9 Å². The molecular formula is C14H14BrNO2. The lowest BCUT2D eigenvalue weighted by Crippen LogP contribution is -2.46. The average molecular weight is 308 g/mol. The molecule has 0 N–H and O–H groups in total. The minimum absolute atomic E-state index is 0.0147. The number of imide groups is 1. The molecule has 2 fully saturated rings. The van der Waals surface area contributed by atoms with Crippen LogP contribution in [0, 0.1) is 18.8 Å². The topological polar surface area (TPSA) is 37.4 Å². The van der Waals surface area contributed by atoms with Gasteiger partial charge in [0.15, 0.2) is 0 Å². The van der Waals surface area contributed by atoms with Crippen LogP contribution in [-0.2, 0) is 9.59 Å². The number of carbonyl (C=O) groups excluding carboxylic acids is 2. The molecule has 18 heavy (non-hydrogen) atoms. The van der Waals surface area contributed by atoms with E-state index in [4.69, 9.17) is 0 Å². The van der Waals surface area contributed by atoms with Crippen LogP contribution in [0.5, 0.6) is 0 Å². The van der Waals surface area contributed by atoms with Crippen LogP contribution >= 0.6 is 15.9 Å². The minimum atomic E-state index is -0.0147. The van der Waals surface area contributed by atoms with Gasteiger partial charge < -0.3 is 0 Å². The van der Waals surface area contributed by atoms with Crippen LogP contribution in [0.3, 0.4) is 0 Å². The molecular weight excluding hydrogens is 294 g/mol. The number of fused-ring (bicyclic) bond motifs is 2. The van der Waals surface area contributed by atoms with Gasteiger partial charge in [-0.15, -0.1) is 0 Å². The molecule has 1 aliphatic carbocycles. The summed E-state index contributed by atoms with van der Waals surface area (Å²) in [5.74, 6) is 0.0739. The highest BCUT2D eigenvalue weighted by molar-refractivity contribution is 9.10. The Labute approximate surface area is 114 Å². The molecule has 2 atom stereocenters. The van der Waals surface area contributed by atoms with Crippen LogP contribution in [0.2, 0.25) is 0 Å². The Balaban J connectivity index is 2.05. The number of halogens is 1. The van der Waals surface area contributed by atoms with E-state index in [-0.39, 0.29) is 23.7 Å². The SMILES string of the molecule is Cc1cc(Br)ccc1N1C(=O)C2CCC(C2)C1=O. The van der Waals surface area contributed by atoms with Crippen molar-refractivity contribution in [3.8, 4) is 0 Å². The van der Waals surface area contributed by atoms with Crippen molar-refractivity contribution in [2.45, 2.75) is 26.2 Å². The first kappa shape index (κ1) is 11.9. The predicted octanol–water partition coefficient (Wildman–Crippen LogP) is 3.05. The maximum absolute atomic E-state index is 12.3. The average Bonchev–Trinajstić information content (AvgIpc) is 2.76. The monoisotopic (exact) mass is 307 g/mol. The maximum atomic E-state index is 12.3. The Morgan fingerprint density at radius 3 is 2.33 bits per heavy atom. The molecule has 2 aliphatic rings. The zero-order valence-electron chi connectivity index (χ0n) is 10.1. The number of piperidine rings is 1. The number of hydrogen-bond acceptors (Lipinski definition) is 2. The van der Waals surface area contributed by atoms with Gasteiger partial charge in [0.25, 0.3) is 0 Å². The molecule has 94 valence electrons. The van der Waals surface area contributed by atoms with Crippen molar-refractivity contribution < 1.29 is 9.59 Å². The quantitative estimate of drug-likeness (QED) is 0.748. The second-order valence-corrected chi connectivity index (χ2v) is 6.07. The van der Waals surface area contributed by atoms with Gasteiger partial charge in [-0.2, -0.15) is 0 Å². The highest BCUT2D eigenvalue weighted by Crippen LogP contribution is 2.40. The van der Waals surface area contributed by atoms with Gasteiger partial charge in [-0.3, -0.25) is 9.59 Å². The molecule has 2 amide bonds. The van der Waals surface area contributed by atoms with E-state index < -0.39 is 0 Å². The zero-order chi connectivity index (χ0) is 12.9. The number of rotatable bonds is 1. The van der Waals surface area contributed by atoms with E-state index in [0.29, 0.717) is 0 Å². The van der Waals surface area contributed by atoms with E-state index in [9.17, 15) is 9.59 Å². The van der Waals surface area contributed by atoms with Crippen molar-refractivity contribution in [2.24, 2.45) is 11.8 Å². The van der Waals surface area contributed by atoms with Gasteiger partial charge in [0.1, 0.15) is 0 Å². The Morgan fingerprint density at radius 2 is 1.78 bits per heavy atom. The lowest BCUT2D eigenvalue weighted by molar-refractivity contribution is -0.133. The van der Waals surface area contributed by atoms with Crippen LogP contribution in [0.15, 0.2) is 22.7 Å². The molecule has 1 saturated heterocycles. The maximum Gasteiger partial charge on any atom is 0.236 e. The molecule has 1 aromatic rings. The van der Waals surface area contributed by atoms with Crippen LogP contribution in [0.1, 0.15) is 24.8 Å². The van der Waals surface area contributed by atoms with Crippen molar-refractivity contribution in [2.75, 3.05) is 4.90 Å². The number of carbonyl (C=O) groups is 2. The first-order chi connectivity index (χ1) is 8.58. The van der Waals surface area contributed by atoms with E-state index in [0.717, 1.165) is 35.0 Å². The van der Waals surface area contributed by atoms with Gasteiger partial charge in [0.2, 0.25) is 11.8 Å². The molecule has 1 saturated carbocycles. The van der Waals surface area contributed by atoms with Crippen molar-refractivity contribution in [3.05, 3.63) is 28.2 Å². The van der Waals surface area contributed by atoms with Gasteiger partial charge >= 0.3 is 0 Å². The Morgan fingerprint density at radius 1 is 1.17 bits per heavy atom. The summed E-state index contributed by atoms with van der Waals surface area (Å²) in [6, 6.07) is 5.66. The molecule has 3 rings (SSSR count). The third-order valence-electron chi connectivity index (χ3n) is 3.97. The van der Waals surface area contributed by atoms with Gasteiger partial charge in [-0.25, -0.2) is 4.90 Å². The summed E-state index contributed by atoms with van der Waals surface area (Å²) in [6.07, 6.45) is 2.48. The van der Waals surface area contributed by atoms with Crippen LogP contribution in [-0.4, -0.2) is 11.8 Å². The highest BCUT2D eigenvalue weighted by atomic mass is 79.9. The van der Waals surface area contributed by atoms with Gasteiger partial charge in [0.05, 0.1) is 5.69 Å². The van der Waals surface area contributed by atoms with Gasteiger partial charge in [-0.1, -0.05) is 15.9 Å². The van der Waals surface area contributed by atoms with Crippen molar-refractivity contribution in [1.82, 2.24) is 0 Å². The molecule has 1 aliphatic heterocycles. The fraction of sp³-hybridized carbons (Fsp3) is 0.429. The molecule has 1 heterocycles. The molecule has 1 aromatic carbocycles. The third kappa shape index (κ3) is 1.70. The molecule has 0 radical (unpaired) electrons. The van der Waals surface area contributed by atoms with Crippen LogP contribution < -0.4 is 4.90 Å². The third-order valence-corrected chi connectivity index (χ3v) is 4.46. The fourth-order valence-corrected chi connectivity index (χ4v) is 3.49. The van der Waals surface area contributed by atoms with Gasteiger partial charge in [0, 0.05) is 16.3 Å². The Bertz CT molecular complexity index is 519. The van der Waals surface area contributed by atoms with E-state index in [1.54, 1.807) is 0 Å². The second kappa shape index (κ2) is 4.19. The molecule has 0 spiro atoms. The molecule has 2 bridgehead atoms. The highest BCUT2D eigenvalue weighted by Gasteiger charge is 2.46. The van der Waals surface area contributed by atoms with Gasteiger partial charge in [-0.05, 0) is 49.9 Å². The second-order valence-electron chi connectivity index (χ2n) is 5.15. The zero-order valence-corrected chi connectivity index (χ0v) is 11.7. The van der Waals surface area contributed by atoms with E-state index in [1.165, 1.54) is 4.90 Å². The summed E-state index contributed by atoms with van der Waals surface area (Å²) in [4.78, 5) is 26.1. The smallest absolute Gasteiger partial charge is 0.236 e. The summed E-state index contributed by atoms with van der Waals surface area (Å²) in [7, 11) is 0. The van der Waals surface area contributed by atoms with E-state index >= 15 is 0 Å². The Hall–Kier alpha value is -1.16. The first-order valence-electron chi connectivity index (χ1n) is 6.22. The molecule has 3 nitrogen and oxygen atoms in total. The fourth-order valence-electron chi connectivity index (χ4n) is 3.01. The number of nitrogens with zero attached hydrogens (tertiary/aromatic N) is 1. The number of benzene rings is 1. The lowest BCUT2D eigenvalue weighted by Gasteiger charge is -2.30. The number of aryl methyl sites for hydroxylation is 1. The summed E-state index contributed by atoms with van der Waals surface area (Å²) >= 11 is 3.40. The summed E-state index contributed by atoms with van der Waals surface area (Å²) in [5.41, 5.74) is 1.69.